The summed E-state index contributed by atoms with van der Waals surface area (Å²) in [5.74, 6) is -0.168. The van der Waals surface area contributed by atoms with Crippen molar-refractivity contribution in [3.05, 3.63) is 47.3 Å². The number of hydrogen-bond acceptors (Lipinski definition) is 3. The average molecular weight is 244 g/mol. The van der Waals surface area contributed by atoms with Gasteiger partial charge in [-0.15, -0.1) is 0 Å². The fourth-order valence-corrected chi connectivity index (χ4v) is 1.74. The molecule has 2 rings (SSSR count). The first-order valence-corrected chi connectivity index (χ1v) is 5.71. The second-order valence-electron chi connectivity index (χ2n) is 4.15. The molecule has 0 bridgehead atoms. The van der Waals surface area contributed by atoms with Crippen LogP contribution < -0.4 is 11.1 Å². The first kappa shape index (κ1) is 12.3. The summed E-state index contributed by atoms with van der Waals surface area (Å²) in [7, 11) is 1.75. The van der Waals surface area contributed by atoms with Crippen LogP contribution in [0.15, 0.2) is 30.3 Å². The fourth-order valence-electron chi connectivity index (χ4n) is 1.74. The Balaban J connectivity index is 2.13. The minimum Gasteiger partial charge on any atom is -0.326 e. The van der Waals surface area contributed by atoms with Crippen LogP contribution in [-0.4, -0.2) is 15.7 Å². The molecular weight excluding hydrogens is 228 g/mol. The highest BCUT2D eigenvalue weighted by molar-refractivity contribution is 6.03. The topological polar surface area (TPSA) is 72.9 Å². The molecule has 94 valence electrons. The van der Waals surface area contributed by atoms with E-state index in [0.717, 1.165) is 16.9 Å². The molecule has 3 N–H and O–H groups in total. The number of carbonyl (C=O) groups excluding carboxylic acids is 1. The number of rotatable bonds is 3. The molecule has 0 unspecified atom stereocenters. The third-order valence-corrected chi connectivity index (χ3v) is 2.68. The van der Waals surface area contributed by atoms with Crippen LogP contribution in [0.4, 0.5) is 5.69 Å². The Morgan fingerprint density at radius 1 is 1.39 bits per heavy atom. The zero-order valence-corrected chi connectivity index (χ0v) is 10.5. The zero-order chi connectivity index (χ0) is 13.1. The van der Waals surface area contributed by atoms with Crippen LogP contribution >= 0.6 is 0 Å². The summed E-state index contributed by atoms with van der Waals surface area (Å²) in [5.41, 5.74) is 8.65. The summed E-state index contributed by atoms with van der Waals surface area (Å²) in [6, 6.07) is 9.21. The van der Waals surface area contributed by atoms with Crippen LogP contribution in [0, 0.1) is 6.92 Å². The molecule has 0 aliphatic rings. The molecule has 0 aliphatic heterocycles. The van der Waals surface area contributed by atoms with E-state index in [0.29, 0.717) is 12.2 Å². The first-order chi connectivity index (χ1) is 8.60. The number of amides is 1. The SMILES string of the molecule is Cc1cc(C(=O)Nc2ccc(CN)cc2)n(C)n1. The second-order valence-corrected chi connectivity index (χ2v) is 4.15. The molecule has 0 atom stereocenters. The number of aromatic nitrogens is 2. The molecule has 0 saturated carbocycles. The number of benzene rings is 1. The standard InChI is InChI=1S/C13H16N4O/c1-9-7-12(17(2)16-9)13(18)15-11-5-3-10(8-14)4-6-11/h3-7H,8,14H2,1-2H3,(H,15,18). The largest absolute Gasteiger partial charge is 0.326 e. The number of nitrogens with one attached hydrogen (secondary N) is 1. The van der Waals surface area contributed by atoms with Gasteiger partial charge in [0.2, 0.25) is 0 Å². The lowest BCUT2D eigenvalue weighted by Gasteiger charge is -2.05. The average Bonchev–Trinajstić information content (AvgIpc) is 2.69. The van der Waals surface area contributed by atoms with E-state index in [2.05, 4.69) is 10.4 Å². The van der Waals surface area contributed by atoms with Gasteiger partial charge >= 0.3 is 0 Å². The van der Waals surface area contributed by atoms with Gasteiger partial charge < -0.3 is 11.1 Å². The molecule has 0 saturated heterocycles. The minimum absolute atomic E-state index is 0.168. The highest BCUT2D eigenvalue weighted by Gasteiger charge is 2.11. The van der Waals surface area contributed by atoms with Gasteiger partial charge in [-0.2, -0.15) is 5.10 Å². The molecule has 0 aliphatic carbocycles. The van der Waals surface area contributed by atoms with Crippen LogP contribution in [-0.2, 0) is 13.6 Å². The molecule has 0 fully saturated rings. The lowest BCUT2D eigenvalue weighted by atomic mass is 10.2. The Morgan fingerprint density at radius 3 is 2.56 bits per heavy atom. The molecular formula is C13H16N4O. The maximum atomic E-state index is 12.0. The monoisotopic (exact) mass is 244 g/mol. The van der Waals surface area contributed by atoms with Crippen molar-refractivity contribution in [3.63, 3.8) is 0 Å². The Hall–Kier alpha value is -2.14. The van der Waals surface area contributed by atoms with Crippen LogP contribution in [0.5, 0.6) is 0 Å². The number of anilines is 1. The number of nitrogens with two attached hydrogens (primary N) is 1. The van der Waals surface area contributed by atoms with Crippen molar-refractivity contribution in [2.24, 2.45) is 12.8 Å². The van der Waals surface area contributed by atoms with Gasteiger partial charge in [-0.05, 0) is 30.7 Å². The smallest absolute Gasteiger partial charge is 0.273 e. The van der Waals surface area contributed by atoms with Crippen LogP contribution in [0.2, 0.25) is 0 Å². The maximum Gasteiger partial charge on any atom is 0.273 e. The van der Waals surface area contributed by atoms with Gasteiger partial charge in [0, 0.05) is 19.3 Å². The summed E-state index contributed by atoms with van der Waals surface area (Å²) in [4.78, 5) is 12.0. The molecule has 5 heteroatoms. The highest BCUT2D eigenvalue weighted by Crippen LogP contribution is 2.11. The first-order valence-electron chi connectivity index (χ1n) is 5.71. The van der Waals surface area contributed by atoms with E-state index >= 15 is 0 Å². The minimum atomic E-state index is -0.168. The second kappa shape index (κ2) is 5.01. The lowest BCUT2D eigenvalue weighted by molar-refractivity contribution is 0.101. The molecule has 1 amide bonds. The van der Waals surface area contributed by atoms with E-state index in [1.54, 1.807) is 17.8 Å². The normalized spacial score (nSPS) is 10.4. The predicted molar refractivity (Wildman–Crippen MR) is 70.2 cm³/mol. The van der Waals surface area contributed by atoms with Crippen molar-refractivity contribution >= 4 is 11.6 Å². The summed E-state index contributed by atoms with van der Waals surface area (Å²) in [5, 5.41) is 6.96. The van der Waals surface area contributed by atoms with Crippen molar-refractivity contribution in [1.29, 1.82) is 0 Å². The maximum absolute atomic E-state index is 12.0. The molecule has 1 aromatic heterocycles. The molecule has 18 heavy (non-hydrogen) atoms. The summed E-state index contributed by atoms with van der Waals surface area (Å²) < 4.78 is 1.57. The summed E-state index contributed by atoms with van der Waals surface area (Å²) in [6.45, 7) is 2.35. The van der Waals surface area contributed by atoms with E-state index in [4.69, 9.17) is 5.73 Å². The number of aryl methyl sites for hydroxylation is 2. The zero-order valence-electron chi connectivity index (χ0n) is 10.5. The van der Waals surface area contributed by atoms with E-state index < -0.39 is 0 Å². The molecule has 5 nitrogen and oxygen atoms in total. The predicted octanol–water partition coefficient (Wildman–Crippen LogP) is 1.44. The van der Waals surface area contributed by atoms with Gasteiger partial charge in [0.05, 0.1) is 5.69 Å². The van der Waals surface area contributed by atoms with E-state index in [-0.39, 0.29) is 5.91 Å². The Bertz CT molecular complexity index is 557. The van der Waals surface area contributed by atoms with Gasteiger partial charge in [-0.25, -0.2) is 0 Å². The highest BCUT2D eigenvalue weighted by atomic mass is 16.2. The molecule has 1 aromatic carbocycles. The Labute approximate surface area is 106 Å². The fraction of sp³-hybridized carbons (Fsp3) is 0.231. The molecule has 0 spiro atoms. The molecule has 0 radical (unpaired) electrons. The van der Waals surface area contributed by atoms with Crippen LogP contribution in [0.25, 0.3) is 0 Å². The van der Waals surface area contributed by atoms with Gasteiger partial charge in [0.1, 0.15) is 5.69 Å². The van der Waals surface area contributed by atoms with Gasteiger partial charge in [0.15, 0.2) is 0 Å². The molecule has 2 aromatic rings. The van der Waals surface area contributed by atoms with Crippen molar-refractivity contribution in [3.8, 4) is 0 Å². The van der Waals surface area contributed by atoms with Gasteiger partial charge in [-0.1, -0.05) is 12.1 Å². The van der Waals surface area contributed by atoms with Gasteiger partial charge in [-0.3, -0.25) is 9.48 Å². The third-order valence-electron chi connectivity index (χ3n) is 2.68. The summed E-state index contributed by atoms with van der Waals surface area (Å²) >= 11 is 0. The summed E-state index contributed by atoms with van der Waals surface area (Å²) in [6.07, 6.45) is 0. The van der Waals surface area contributed by atoms with E-state index in [9.17, 15) is 4.79 Å². The quantitative estimate of drug-likeness (QED) is 0.858. The lowest BCUT2D eigenvalue weighted by Crippen LogP contribution is -2.16. The molecule has 1 heterocycles. The number of hydrogen-bond donors (Lipinski definition) is 2. The third kappa shape index (κ3) is 2.57. The van der Waals surface area contributed by atoms with Crippen LogP contribution in [0.1, 0.15) is 21.7 Å². The Kier molecular flexibility index (Phi) is 3.43. The van der Waals surface area contributed by atoms with Crippen LogP contribution in [0.3, 0.4) is 0 Å². The number of nitrogens with zero attached hydrogens (tertiary/aromatic N) is 2. The number of carbonyl (C=O) groups is 1. The van der Waals surface area contributed by atoms with Crippen molar-refractivity contribution < 1.29 is 4.79 Å². The van der Waals surface area contributed by atoms with Crippen molar-refractivity contribution in [2.45, 2.75) is 13.5 Å². The van der Waals surface area contributed by atoms with Crippen molar-refractivity contribution in [1.82, 2.24) is 9.78 Å². The van der Waals surface area contributed by atoms with Crippen molar-refractivity contribution in [2.75, 3.05) is 5.32 Å². The Morgan fingerprint density at radius 2 is 2.06 bits per heavy atom. The van der Waals surface area contributed by atoms with E-state index in [1.807, 2.05) is 31.2 Å². The van der Waals surface area contributed by atoms with E-state index in [1.165, 1.54) is 0 Å². The van der Waals surface area contributed by atoms with Gasteiger partial charge in [0.25, 0.3) is 5.91 Å².